The number of piperazine rings is 1. The highest BCUT2D eigenvalue weighted by Crippen LogP contribution is 2.21. The van der Waals surface area contributed by atoms with E-state index in [1.807, 2.05) is 54.3 Å². The van der Waals surface area contributed by atoms with E-state index in [2.05, 4.69) is 20.5 Å². The topological polar surface area (TPSA) is 91.3 Å². The zero-order valence-electron chi connectivity index (χ0n) is 16.1. The van der Waals surface area contributed by atoms with Crippen LogP contribution in [0, 0.1) is 6.92 Å². The fourth-order valence-electron chi connectivity index (χ4n) is 3.15. The zero-order chi connectivity index (χ0) is 20.3. The first-order chi connectivity index (χ1) is 14.0. The molecular formula is C20H22N6O2S. The molecule has 8 nitrogen and oxygen atoms in total. The molecule has 29 heavy (non-hydrogen) atoms. The molecule has 0 atom stereocenters. The molecule has 0 amide bonds. The first-order valence-corrected chi connectivity index (χ1v) is 10.8. The van der Waals surface area contributed by atoms with Gasteiger partial charge in [0.05, 0.1) is 4.90 Å². The van der Waals surface area contributed by atoms with Crippen LogP contribution in [0.3, 0.4) is 0 Å². The second-order valence-electron chi connectivity index (χ2n) is 6.82. The molecule has 1 aromatic carbocycles. The van der Waals surface area contributed by atoms with E-state index in [4.69, 9.17) is 0 Å². The van der Waals surface area contributed by atoms with E-state index in [0.717, 1.165) is 11.4 Å². The van der Waals surface area contributed by atoms with Crippen molar-refractivity contribution in [1.29, 1.82) is 0 Å². The Morgan fingerprint density at radius 3 is 2.24 bits per heavy atom. The number of hydrogen-bond donors (Lipinski definition) is 1. The molecule has 1 N–H and O–H groups in total. The summed E-state index contributed by atoms with van der Waals surface area (Å²) >= 11 is 0. The van der Waals surface area contributed by atoms with E-state index >= 15 is 0 Å². The molecule has 150 valence electrons. The minimum Gasteiger partial charge on any atom is -0.352 e. The van der Waals surface area contributed by atoms with E-state index in [-0.39, 0.29) is 0 Å². The molecule has 9 heteroatoms. The van der Waals surface area contributed by atoms with Gasteiger partial charge in [-0.25, -0.2) is 13.4 Å². The van der Waals surface area contributed by atoms with Crippen LogP contribution in [0.1, 0.15) is 5.56 Å². The SMILES string of the molecule is Cc1ccc(S(=O)(=O)N2CCN(c3ccc(Nc4ccccn4)nn3)CC2)cc1. The van der Waals surface area contributed by atoms with Crippen LogP contribution in [0.2, 0.25) is 0 Å². The summed E-state index contributed by atoms with van der Waals surface area (Å²) in [5.74, 6) is 2.03. The van der Waals surface area contributed by atoms with Gasteiger partial charge < -0.3 is 10.2 Å². The van der Waals surface area contributed by atoms with Crippen LogP contribution in [0.4, 0.5) is 17.5 Å². The standard InChI is InChI=1S/C20H22N6O2S/c1-16-5-7-17(8-6-16)29(27,28)26-14-12-25(13-15-26)20-10-9-19(23-24-20)22-18-4-2-3-11-21-18/h2-11H,12-15H2,1H3,(H,21,22,23). The van der Waals surface area contributed by atoms with Crippen molar-refractivity contribution in [2.75, 3.05) is 36.4 Å². The Balaban J connectivity index is 1.38. The van der Waals surface area contributed by atoms with Gasteiger partial charge >= 0.3 is 0 Å². The average Bonchev–Trinajstić information content (AvgIpc) is 2.75. The first-order valence-electron chi connectivity index (χ1n) is 9.36. The molecule has 1 fully saturated rings. The van der Waals surface area contributed by atoms with Gasteiger partial charge in [0, 0.05) is 32.4 Å². The van der Waals surface area contributed by atoms with E-state index in [1.54, 1.807) is 18.3 Å². The summed E-state index contributed by atoms with van der Waals surface area (Å²) in [6, 6.07) is 16.3. The second-order valence-corrected chi connectivity index (χ2v) is 8.76. The van der Waals surface area contributed by atoms with Crippen molar-refractivity contribution in [3.8, 4) is 0 Å². The normalized spacial score (nSPS) is 15.3. The number of anilines is 3. The third-order valence-electron chi connectivity index (χ3n) is 4.79. The number of rotatable bonds is 5. The monoisotopic (exact) mass is 410 g/mol. The van der Waals surface area contributed by atoms with Crippen LogP contribution >= 0.6 is 0 Å². The van der Waals surface area contributed by atoms with Crippen LogP contribution in [0.5, 0.6) is 0 Å². The molecule has 3 aromatic rings. The Morgan fingerprint density at radius 1 is 0.862 bits per heavy atom. The molecule has 1 aliphatic rings. The summed E-state index contributed by atoms with van der Waals surface area (Å²) in [5, 5.41) is 11.6. The molecule has 4 rings (SSSR count). The fourth-order valence-corrected chi connectivity index (χ4v) is 4.57. The molecule has 0 bridgehead atoms. The van der Waals surface area contributed by atoms with Gasteiger partial charge in [-0.05, 0) is 43.3 Å². The maximum atomic E-state index is 12.8. The molecular weight excluding hydrogens is 388 g/mol. The average molecular weight is 411 g/mol. The van der Waals surface area contributed by atoms with Gasteiger partial charge in [-0.1, -0.05) is 23.8 Å². The Labute approximate surface area is 170 Å². The van der Waals surface area contributed by atoms with Gasteiger partial charge in [0.15, 0.2) is 11.6 Å². The Bertz CT molecular complexity index is 1050. The van der Waals surface area contributed by atoms with E-state index in [9.17, 15) is 8.42 Å². The maximum absolute atomic E-state index is 12.8. The van der Waals surface area contributed by atoms with Crippen molar-refractivity contribution < 1.29 is 8.42 Å². The molecule has 1 aliphatic heterocycles. The molecule has 2 aromatic heterocycles. The van der Waals surface area contributed by atoms with Gasteiger partial charge in [0.1, 0.15) is 5.82 Å². The van der Waals surface area contributed by atoms with Crippen molar-refractivity contribution in [3.63, 3.8) is 0 Å². The van der Waals surface area contributed by atoms with Gasteiger partial charge in [-0.3, -0.25) is 0 Å². The Morgan fingerprint density at radius 2 is 1.62 bits per heavy atom. The van der Waals surface area contributed by atoms with Crippen LogP contribution in [-0.4, -0.2) is 54.1 Å². The lowest BCUT2D eigenvalue weighted by molar-refractivity contribution is 0.383. The second kappa shape index (κ2) is 8.14. The third-order valence-corrected chi connectivity index (χ3v) is 6.71. The Kier molecular flexibility index (Phi) is 5.41. The van der Waals surface area contributed by atoms with Gasteiger partial charge in [-0.15, -0.1) is 10.2 Å². The van der Waals surface area contributed by atoms with E-state index in [0.29, 0.717) is 42.7 Å². The first kappa shape index (κ1) is 19.3. The van der Waals surface area contributed by atoms with E-state index < -0.39 is 10.0 Å². The predicted octanol–water partition coefficient (Wildman–Crippen LogP) is 2.43. The summed E-state index contributed by atoms with van der Waals surface area (Å²) < 4.78 is 27.2. The number of benzene rings is 1. The van der Waals surface area contributed by atoms with Gasteiger partial charge in [0.25, 0.3) is 0 Å². The number of aromatic nitrogens is 3. The predicted molar refractivity (Wildman–Crippen MR) is 112 cm³/mol. The lowest BCUT2D eigenvalue weighted by Gasteiger charge is -2.34. The smallest absolute Gasteiger partial charge is 0.243 e. The number of pyridine rings is 1. The molecule has 0 radical (unpaired) electrons. The number of hydrogen-bond acceptors (Lipinski definition) is 7. The van der Waals surface area contributed by atoms with Crippen molar-refractivity contribution in [2.24, 2.45) is 0 Å². The lowest BCUT2D eigenvalue weighted by atomic mass is 10.2. The molecule has 1 saturated heterocycles. The lowest BCUT2D eigenvalue weighted by Crippen LogP contribution is -2.49. The van der Waals surface area contributed by atoms with Crippen LogP contribution in [-0.2, 0) is 10.0 Å². The van der Waals surface area contributed by atoms with Crippen molar-refractivity contribution in [3.05, 3.63) is 66.4 Å². The van der Waals surface area contributed by atoms with Crippen molar-refractivity contribution in [2.45, 2.75) is 11.8 Å². The maximum Gasteiger partial charge on any atom is 0.243 e. The molecule has 0 saturated carbocycles. The van der Waals surface area contributed by atoms with Gasteiger partial charge in [-0.2, -0.15) is 4.31 Å². The molecule has 3 heterocycles. The quantitative estimate of drug-likeness (QED) is 0.691. The highest BCUT2D eigenvalue weighted by atomic mass is 32.2. The van der Waals surface area contributed by atoms with Crippen molar-refractivity contribution >= 4 is 27.5 Å². The molecule has 0 aliphatic carbocycles. The number of nitrogens with zero attached hydrogens (tertiary/aromatic N) is 5. The third kappa shape index (κ3) is 4.36. The summed E-state index contributed by atoms with van der Waals surface area (Å²) in [6.45, 7) is 3.88. The minimum absolute atomic E-state index is 0.335. The highest BCUT2D eigenvalue weighted by molar-refractivity contribution is 7.89. The largest absolute Gasteiger partial charge is 0.352 e. The minimum atomic E-state index is -3.47. The summed E-state index contributed by atoms with van der Waals surface area (Å²) in [7, 11) is -3.47. The summed E-state index contributed by atoms with van der Waals surface area (Å²) in [5.41, 5.74) is 1.04. The van der Waals surface area contributed by atoms with Crippen LogP contribution in [0.15, 0.2) is 65.7 Å². The summed E-state index contributed by atoms with van der Waals surface area (Å²) in [6.07, 6.45) is 1.70. The van der Waals surface area contributed by atoms with Crippen molar-refractivity contribution in [1.82, 2.24) is 19.5 Å². The highest BCUT2D eigenvalue weighted by Gasteiger charge is 2.28. The molecule has 0 spiro atoms. The van der Waals surface area contributed by atoms with Crippen LogP contribution in [0.25, 0.3) is 0 Å². The fraction of sp³-hybridized carbons (Fsp3) is 0.250. The molecule has 0 unspecified atom stereocenters. The van der Waals surface area contributed by atoms with E-state index in [1.165, 1.54) is 4.31 Å². The summed E-state index contributed by atoms with van der Waals surface area (Å²) in [4.78, 5) is 6.57. The Hall–Kier alpha value is -3.04. The number of nitrogens with one attached hydrogen (secondary N) is 1. The van der Waals surface area contributed by atoms with Gasteiger partial charge in [0.2, 0.25) is 10.0 Å². The zero-order valence-corrected chi connectivity index (χ0v) is 16.9. The number of sulfonamides is 1. The number of aryl methyl sites for hydroxylation is 1. The van der Waals surface area contributed by atoms with Crippen LogP contribution < -0.4 is 10.2 Å².